The monoisotopic (exact) mass is 348 g/mol. The first-order valence-electron chi connectivity index (χ1n) is 9.09. The predicted octanol–water partition coefficient (Wildman–Crippen LogP) is 2.80. The molecule has 138 valence electrons. The summed E-state index contributed by atoms with van der Waals surface area (Å²) < 4.78 is 7.13. The maximum Gasteiger partial charge on any atom is 0.351 e. The van der Waals surface area contributed by atoms with Gasteiger partial charge in [0.2, 0.25) is 5.71 Å². The molecule has 0 radical (unpaired) electrons. The average molecular weight is 348 g/mol. The van der Waals surface area contributed by atoms with Gasteiger partial charge in [-0.05, 0) is 12.5 Å². The van der Waals surface area contributed by atoms with Crippen molar-refractivity contribution in [2.45, 2.75) is 64.5 Å². The van der Waals surface area contributed by atoms with Gasteiger partial charge in [-0.25, -0.2) is 4.79 Å². The third kappa shape index (κ3) is 6.14. The van der Waals surface area contributed by atoms with E-state index in [9.17, 15) is 9.90 Å². The van der Waals surface area contributed by atoms with E-state index in [2.05, 4.69) is 11.9 Å². The lowest BCUT2D eigenvalue weighted by molar-refractivity contribution is 0.131. The molecule has 2 aromatic rings. The maximum atomic E-state index is 12.0. The summed E-state index contributed by atoms with van der Waals surface area (Å²) in [6, 6.07) is 1.94. The fraction of sp³-hybridized carbons (Fsp3) is 0.579. The number of fused-ring (bicyclic) bond motifs is 1. The quantitative estimate of drug-likeness (QED) is 0.481. The summed E-state index contributed by atoms with van der Waals surface area (Å²) in [7, 11) is 0. The fourth-order valence-corrected chi connectivity index (χ4v) is 2.73. The van der Waals surface area contributed by atoms with Crippen LogP contribution in [-0.2, 0) is 13.0 Å². The zero-order valence-electron chi connectivity index (χ0n) is 14.9. The summed E-state index contributed by atoms with van der Waals surface area (Å²) in [5.41, 5.74) is -0.0160. The lowest BCUT2D eigenvalue weighted by Crippen LogP contribution is -2.21. The van der Waals surface area contributed by atoms with Crippen LogP contribution in [0.4, 0.5) is 0 Å². The molecule has 2 N–H and O–H groups in total. The van der Waals surface area contributed by atoms with E-state index in [0.717, 1.165) is 24.0 Å². The Kier molecular flexibility index (Phi) is 7.88. The van der Waals surface area contributed by atoms with Gasteiger partial charge in [0.05, 0.1) is 18.1 Å². The molecular weight excluding hydrogens is 320 g/mol. The summed E-state index contributed by atoms with van der Waals surface area (Å²) in [5.74, 6) is 0.862. The Bertz CT molecular complexity index is 733. The molecular formula is C19H28N2O4. The Morgan fingerprint density at radius 2 is 2.04 bits per heavy atom. The number of allylic oxidation sites excluding steroid dienone is 1. The number of aryl methyl sites for hydroxylation is 1. The summed E-state index contributed by atoms with van der Waals surface area (Å²) >= 11 is 0. The van der Waals surface area contributed by atoms with E-state index in [1.54, 1.807) is 12.3 Å². The van der Waals surface area contributed by atoms with Gasteiger partial charge in [-0.2, -0.15) is 4.98 Å². The van der Waals surface area contributed by atoms with Crippen molar-refractivity contribution < 1.29 is 14.6 Å². The molecule has 0 aliphatic carbocycles. The molecule has 0 aromatic carbocycles. The van der Waals surface area contributed by atoms with Crippen molar-refractivity contribution in [1.29, 1.82) is 0 Å². The van der Waals surface area contributed by atoms with Crippen molar-refractivity contribution in [2.24, 2.45) is 0 Å². The van der Waals surface area contributed by atoms with E-state index in [1.807, 2.05) is 6.07 Å². The fourth-order valence-electron chi connectivity index (χ4n) is 2.73. The van der Waals surface area contributed by atoms with Gasteiger partial charge in [0.1, 0.15) is 5.76 Å². The van der Waals surface area contributed by atoms with Crippen LogP contribution >= 0.6 is 0 Å². The number of unbranched alkanes of at least 4 members (excludes halogenated alkanes) is 5. The second-order valence-corrected chi connectivity index (χ2v) is 6.34. The number of aliphatic hydroxyl groups is 2. The molecule has 0 spiro atoms. The van der Waals surface area contributed by atoms with Crippen molar-refractivity contribution in [2.75, 3.05) is 6.61 Å². The number of aliphatic hydroxyl groups excluding tert-OH is 2. The molecule has 25 heavy (non-hydrogen) atoms. The Labute approximate surface area is 147 Å². The first kappa shape index (κ1) is 19.4. The van der Waals surface area contributed by atoms with Crippen molar-refractivity contribution in [3.8, 4) is 0 Å². The normalized spacial score (nSPS) is 13.1. The maximum absolute atomic E-state index is 12.0. The molecule has 0 aliphatic heterocycles. The van der Waals surface area contributed by atoms with Crippen LogP contribution < -0.4 is 5.69 Å². The van der Waals surface area contributed by atoms with Gasteiger partial charge in [0.25, 0.3) is 0 Å². The van der Waals surface area contributed by atoms with Gasteiger partial charge in [-0.15, -0.1) is 0 Å². The second kappa shape index (κ2) is 10.2. The molecule has 2 rings (SSSR count). The molecule has 2 aromatic heterocycles. The highest BCUT2D eigenvalue weighted by Gasteiger charge is 2.08. The summed E-state index contributed by atoms with van der Waals surface area (Å²) in [6.07, 6.45) is 12.1. The lowest BCUT2D eigenvalue weighted by Gasteiger charge is -2.01. The van der Waals surface area contributed by atoms with Crippen LogP contribution in [0, 0.1) is 0 Å². The number of hydrogen-bond donors (Lipinski definition) is 2. The van der Waals surface area contributed by atoms with E-state index in [-0.39, 0.29) is 13.2 Å². The van der Waals surface area contributed by atoms with Gasteiger partial charge >= 0.3 is 5.69 Å². The molecule has 6 heteroatoms. The molecule has 0 bridgehead atoms. The largest absolute Gasteiger partial charge is 0.443 e. The molecule has 0 fully saturated rings. The minimum atomic E-state index is -0.912. The number of rotatable bonds is 11. The van der Waals surface area contributed by atoms with Crippen molar-refractivity contribution in [3.05, 3.63) is 40.7 Å². The van der Waals surface area contributed by atoms with Crippen LogP contribution in [0.5, 0.6) is 0 Å². The first-order valence-corrected chi connectivity index (χ1v) is 9.09. The molecule has 2 heterocycles. The average Bonchev–Trinajstić information content (AvgIpc) is 2.99. The highest BCUT2D eigenvalue weighted by Crippen LogP contribution is 2.18. The summed E-state index contributed by atoms with van der Waals surface area (Å²) in [4.78, 5) is 16.0. The van der Waals surface area contributed by atoms with Crippen LogP contribution in [0.2, 0.25) is 0 Å². The van der Waals surface area contributed by atoms with Crippen LogP contribution in [-0.4, -0.2) is 32.5 Å². The van der Waals surface area contributed by atoms with E-state index in [0.29, 0.717) is 5.71 Å². The van der Waals surface area contributed by atoms with Gasteiger partial charge in [0, 0.05) is 19.2 Å². The molecule has 0 saturated heterocycles. The molecule has 0 aliphatic rings. The van der Waals surface area contributed by atoms with Crippen LogP contribution in [0.25, 0.3) is 11.1 Å². The van der Waals surface area contributed by atoms with Gasteiger partial charge in [-0.3, -0.25) is 4.57 Å². The van der Waals surface area contributed by atoms with Gasteiger partial charge in [0.15, 0.2) is 0 Å². The highest BCUT2D eigenvalue weighted by atomic mass is 16.3. The summed E-state index contributed by atoms with van der Waals surface area (Å²) in [5, 5.41) is 18.8. The molecule has 0 amide bonds. The first-order chi connectivity index (χ1) is 12.1. The van der Waals surface area contributed by atoms with E-state index in [1.165, 1.54) is 42.7 Å². The van der Waals surface area contributed by atoms with Crippen LogP contribution in [0.1, 0.15) is 51.2 Å². The number of nitrogens with zero attached hydrogens (tertiary/aromatic N) is 2. The smallest absolute Gasteiger partial charge is 0.351 e. The lowest BCUT2D eigenvalue weighted by atomic mass is 10.1. The van der Waals surface area contributed by atoms with Crippen LogP contribution in [0.15, 0.2) is 33.6 Å². The number of hydrogen-bond acceptors (Lipinski definition) is 5. The van der Waals surface area contributed by atoms with E-state index in [4.69, 9.17) is 9.52 Å². The zero-order valence-corrected chi connectivity index (χ0v) is 14.9. The Hall–Kier alpha value is -1.92. The third-order valence-electron chi connectivity index (χ3n) is 4.15. The Balaban J connectivity index is 1.95. The molecule has 0 saturated carbocycles. The van der Waals surface area contributed by atoms with E-state index >= 15 is 0 Å². The number of furan rings is 1. The highest BCUT2D eigenvalue weighted by molar-refractivity contribution is 5.72. The van der Waals surface area contributed by atoms with Gasteiger partial charge in [-0.1, -0.05) is 51.2 Å². The van der Waals surface area contributed by atoms with Crippen molar-refractivity contribution in [1.82, 2.24) is 9.55 Å². The third-order valence-corrected chi connectivity index (χ3v) is 4.15. The zero-order chi connectivity index (χ0) is 18.1. The second-order valence-electron chi connectivity index (χ2n) is 6.34. The van der Waals surface area contributed by atoms with Crippen LogP contribution in [0.3, 0.4) is 0 Å². The Morgan fingerprint density at radius 1 is 1.28 bits per heavy atom. The van der Waals surface area contributed by atoms with Crippen molar-refractivity contribution >= 4 is 11.1 Å². The minimum Gasteiger partial charge on any atom is -0.443 e. The number of aromatic nitrogens is 2. The van der Waals surface area contributed by atoms with Gasteiger partial charge < -0.3 is 14.6 Å². The molecule has 1 unspecified atom stereocenters. The topological polar surface area (TPSA) is 88.5 Å². The standard InChI is InChI=1S/C19H28N2O4/c1-2-3-4-5-6-7-10-17-12-15-13-21(11-8-9-16(23)14-22)19(24)20-18(15)25-17/h8-9,12-13,16,22-23H,2-7,10-11,14H2,1H3/b9-8+. The minimum absolute atomic E-state index is 0.288. The molecule has 6 nitrogen and oxygen atoms in total. The Morgan fingerprint density at radius 3 is 2.80 bits per heavy atom. The van der Waals surface area contributed by atoms with E-state index < -0.39 is 11.8 Å². The summed E-state index contributed by atoms with van der Waals surface area (Å²) in [6.45, 7) is 2.16. The SMILES string of the molecule is CCCCCCCCc1cc2cn(C/C=C/C(O)CO)c(=O)nc2o1. The van der Waals surface area contributed by atoms with Crippen molar-refractivity contribution in [3.63, 3.8) is 0 Å². The predicted molar refractivity (Wildman–Crippen MR) is 97.6 cm³/mol. The molecule has 1 atom stereocenters.